The zero-order valence-corrected chi connectivity index (χ0v) is 14.3. The van der Waals surface area contributed by atoms with Crippen LogP contribution >= 0.6 is 12.4 Å². The highest BCUT2D eigenvalue weighted by molar-refractivity contribution is 5.91. The number of hydrogen-bond acceptors (Lipinski definition) is 2. The van der Waals surface area contributed by atoms with Gasteiger partial charge >= 0.3 is 6.18 Å². The fourth-order valence-corrected chi connectivity index (χ4v) is 2.36. The van der Waals surface area contributed by atoms with Gasteiger partial charge in [0.05, 0.1) is 0 Å². The lowest BCUT2D eigenvalue weighted by Gasteiger charge is -2.12. The number of anilines is 2. The molecule has 0 spiro atoms. The zero-order valence-electron chi connectivity index (χ0n) is 13.5. The number of nitrogens with two attached hydrogens (primary N) is 1. The number of rotatable bonds is 6. The molecule has 1 amide bonds. The topological polar surface area (TPSA) is 55.1 Å². The van der Waals surface area contributed by atoms with Crippen molar-refractivity contribution in [3.63, 3.8) is 0 Å². The van der Waals surface area contributed by atoms with Crippen molar-refractivity contribution >= 4 is 29.7 Å². The number of hydrogen-bond donors (Lipinski definition) is 2. The molecule has 0 bridgehead atoms. The smallest absolute Gasteiger partial charge is 0.389 e. The van der Waals surface area contributed by atoms with Gasteiger partial charge in [0.25, 0.3) is 0 Å². The minimum atomic E-state index is -4.22. The van der Waals surface area contributed by atoms with Crippen molar-refractivity contribution in [1.29, 1.82) is 0 Å². The number of benzene rings is 2. The van der Waals surface area contributed by atoms with E-state index in [-0.39, 0.29) is 31.2 Å². The quantitative estimate of drug-likeness (QED) is 0.718. The standard InChI is InChI=1S/C18H19F3N2O.ClH/c19-18(20,21)12-11-14-6-2-4-8-16(14)23-17(24)10-9-13-5-1-3-7-15(13)22;/h1-8H,9-12,22H2,(H,23,24);1H. The summed E-state index contributed by atoms with van der Waals surface area (Å²) in [6, 6.07) is 13.8. The molecule has 0 saturated heterocycles. The largest absolute Gasteiger partial charge is 0.399 e. The molecule has 0 heterocycles. The molecule has 3 N–H and O–H groups in total. The molecule has 2 rings (SSSR count). The highest BCUT2D eigenvalue weighted by Crippen LogP contribution is 2.25. The number of amides is 1. The van der Waals surface area contributed by atoms with Crippen molar-refractivity contribution in [2.24, 2.45) is 0 Å². The first-order valence-electron chi connectivity index (χ1n) is 7.63. The van der Waals surface area contributed by atoms with Gasteiger partial charge in [0.1, 0.15) is 0 Å². The van der Waals surface area contributed by atoms with Crippen LogP contribution in [0.1, 0.15) is 24.0 Å². The van der Waals surface area contributed by atoms with Crippen molar-refractivity contribution in [2.75, 3.05) is 11.1 Å². The summed E-state index contributed by atoms with van der Waals surface area (Å²) in [6.07, 6.45) is -4.61. The SMILES string of the molecule is Cl.Nc1ccccc1CCC(=O)Nc1ccccc1CCC(F)(F)F. The second-order valence-corrected chi connectivity index (χ2v) is 5.52. The van der Waals surface area contributed by atoms with Crippen LogP contribution in [0.5, 0.6) is 0 Å². The molecule has 0 aliphatic heterocycles. The van der Waals surface area contributed by atoms with Gasteiger partial charge in [0.2, 0.25) is 5.91 Å². The lowest BCUT2D eigenvalue weighted by atomic mass is 10.1. The summed E-state index contributed by atoms with van der Waals surface area (Å²) in [5, 5.41) is 2.69. The molecule has 2 aromatic rings. The van der Waals surface area contributed by atoms with Gasteiger partial charge in [-0.15, -0.1) is 12.4 Å². The molecule has 0 saturated carbocycles. The van der Waals surface area contributed by atoms with Crippen molar-refractivity contribution in [1.82, 2.24) is 0 Å². The van der Waals surface area contributed by atoms with Gasteiger partial charge in [0, 0.05) is 24.2 Å². The van der Waals surface area contributed by atoms with Crippen LogP contribution in [0.4, 0.5) is 24.5 Å². The Kier molecular flexibility index (Phi) is 7.77. The Labute approximate surface area is 150 Å². The summed E-state index contributed by atoms with van der Waals surface area (Å²) in [5.74, 6) is -0.252. The average molecular weight is 373 g/mol. The summed E-state index contributed by atoms with van der Waals surface area (Å²) >= 11 is 0. The number of nitrogen functional groups attached to an aromatic ring is 1. The predicted octanol–water partition coefficient (Wildman–Crippen LogP) is 4.76. The lowest BCUT2D eigenvalue weighted by Crippen LogP contribution is -2.15. The van der Waals surface area contributed by atoms with Crippen molar-refractivity contribution in [2.45, 2.75) is 31.9 Å². The van der Waals surface area contributed by atoms with Crippen molar-refractivity contribution < 1.29 is 18.0 Å². The van der Waals surface area contributed by atoms with Crippen LogP contribution in [0.3, 0.4) is 0 Å². The predicted molar refractivity (Wildman–Crippen MR) is 95.9 cm³/mol. The summed E-state index contributed by atoms with van der Waals surface area (Å²) in [6.45, 7) is 0. The third kappa shape index (κ3) is 7.05. The Hall–Kier alpha value is -2.21. The van der Waals surface area contributed by atoms with Crippen molar-refractivity contribution in [3.8, 4) is 0 Å². The van der Waals surface area contributed by atoms with Gasteiger partial charge in [-0.3, -0.25) is 4.79 Å². The van der Waals surface area contributed by atoms with Crippen LogP contribution in [0.2, 0.25) is 0 Å². The average Bonchev–Trinajstić information content (AvgIpc) is 2.52. The minimum Gasteiger partial charge on any atom is -0.399 e. The zero-order chi connectivity index (χ0) is 17.6. The summed E-state index contributed by atoms with van der Waals surface area (Å²) in [7, 11) is 0. The van der Waals surface area contributed by atoms with E-state index in [1.165, 1.54) is 0 Å². The van der Waals surface area contributed by atoms with Crippen molar-refractivity contribution in [3.05, 3.63) is 59.7 Å². The minimum absolute atomic E-state index is 0. The number of halogens is 4. The fraction of sp³-hybridized carbons (Fsp3) is 0.278. The maximum Gasteiger partial charge on any atom is 0.389 e. The van der Waals surface area contributed by atoms with E-state index in [4.69, 9.17) is 5.73 Å². The first-order valence-corrected chi connectivity index (χ1v) is 7.63. The number of carbonyl (C=O) groups excluding carboxylic acids is 1. The third-order valence-electron chi connectivity index (χ3n) is 3.65. The Morgan fingerprint density at radius 2 is 1.56 bits per heavy atom. The summed E-state index contributed by atoms with van der Waals surface area (Å²) < 4.78 is 37.1. The molecule has 0 atom stereocenters. The molecule has 3 nitrogen and oxygen atoms in total. The molecule has 0 aromatic heterocycles. The second kappa shape index (κ2) is 9.32. The summed E-state index contributed by atoms with van der Waals surface area (Å²) in [5.41, 5.74) is 8.22. The lowest BCUT2D eigenvalue weighted by molar-refractivity contribution is -0.133. The Morgan fingerprint density at radius 3 is 2.20 bits per heavy atom. The van der Waals surface area contributed by atoms with Gasteiger partial charge in [-0.25, -0.2) is 0 Å². The van der Waals surface area contributed by atoms with E-state index in [2.05, 4.69) is 5.32 Å². The Balaban J connectivity index is 0.00000312. The van der Waals surface area contributed by atoms with Gasteiger partial charge in [-0.1, -0.05) is 36.4 Å². The number of nitrogens with one attached hydrogen (secondary N) is 1. The van der Waals surface area contributed by atoms with E-state index in [0.717, 1.165) is 5.56 Å². The molecule has 0 unspecified atom stereocenters. The molecular formula is C18H20ClF3N2O. The van der Waals surface area contributed by atoms with E-state index < -0.39 is 12.6 Å². The van der Waals surface area contributed by atoms with Gasteiger partial charge < -0.3 is 11.1 Å². The Morgan fingerprint density at radius 1 is 0.960 bits per heavy atom. The van der Waals surface area contributed by atoms with Gasteiger partial charge in [-0.2, -0.15) is 13.2 Å². The molecule has 2 aromatic carbocycles. The molecule has 25 heavy (non-hydrogen) atoms. The first kappa shape index (κ1) is 20.8. The summed E-state index contributed by atoms with van der Waals surface area (Å²) in [4.78, 5) is 12.1. The molecular weight excluding hydrogens is 353 g/mol. The highest BCUT2D eigenvalue weighted by Gasteiger charge is 2.27. The second-order valence-electron chi connectivity index (χ2n) is 5.52. The highest BCUT2D eigenvalue weighted by atomic mass is 35.5. The number of alkyl halides is 3. The van der Waals surface area contributed by atoms with E-state index in [1.54, 1.807) is 30.3 Å². The number of aryl methyl sites for hydroxylation is 2. The molecule has 0 fully saturated rings. The van der Waals surface area contributed by atoms with E-state index in [9.17, 15) is 18.0 Å². The van der Waals surface area contributed by atoms with Gasteiger partial charge in [-0.05, 0) is 36.1 Å². The fourth-order valence-electron chi connectivity index (χ4n) is 2.36. The monoisotopic (exact) mass is 372 g/mol. The molecule has 0 radical (unpaired) electrons. The van der Waals surface area contributed by atoms with Crippen LogP contribution in [0.15, 0.2) is 48.5 Å². The normalized spacial score (nSPS) is 10.8. The number of para-hydroxylation sites is 2. The molecule has 7 heteroatoms. The molecule has 0 aliphatic rings. The number of carbonyl (C=O) groups is 1. The molecule has 0 aliphatic carbocycles. The van der Waals surface area contributed by atoms with Crippen LogP contribution in [0.25, 0.3) is 0 Å². The molecule has 136 valence electrons. The van der Waals surface area contributed by atoms with Crippen LogP contribution < -0.4 is 11.1 Å². The van der Waals surface area contributed by atoms with Crippen LogP contribution in [-0.2, 0) is 17.6 Å². The van der Waals surface area contributed by atoms with E-state index in [1.807, 2.05) is 18.2 Å². The van der Waals surface area contributed by atoms with Gasteiger partial charge in [0.15, 0.2) is 0 Å². The Bertz CT molecular complexity index is 705. The van der Waals surface area contributed by atoms with E-state index in [0.29, 0.717) is 23.4 Å². The van der Waals surface area contributed by atoms with E-state index >= 15 is 0 Å². The first-order chi connectivity index (χ1) is 11.3. The maximum absolute atomic E-state index is 12.4. The van der Waals surface area contributed by atoms with Crippen LogP contribution in [-0.4, -0.2) is 12.1 Å². The van der Waals surface area contributed by atoms with Crippen LogP contribution in [0, 0.1) is 0 Å². The maximum atomic E-state index is 12.4. The third-order valence-corrected chi connectivity index (χ3v) is 3.65.